The third kappa shape index (κ3) is 4.15. The highest BCUT2D eigenvalue weighted by Crippen LogP contribution is 2.09. The molecule has 0 aliphatic heterocycles. The summed E-state index contributed by atoms with van der Waals surface area (Å²) in [6, 6.07) is 3.90. The number of carbonyl (C=O) groups is 1. The monoisotopic (exact) mass is 235 g/mol. The molecule has 17 heavy (non-hydrogen) atoms. The van der Waals surface area contributed by atoms with Crippen molar-refractivity contribution in [1.82, 2.24) is 10.3 Å². The van der Waals surface area contributed by atoms with Crippen LogP contribution >= 0.6 is 0 Å². The van der Waals surface area contributed by atoms with Gasteiger partial charge in [0.2, 0.25) is 5.91 Å². The van der Waals surface area contributed by atoms with Gasteiger partial charge in [0.05, 0.1) is 5.92 Å². The largest absolute Gasteiger partial charge is 0.352 e. The van der Waals surface area contributed by atoms with Crippen molar-refractivity contribution in [2.24, 2.45) is 17.6 Å². The number of aromatic nitrogens is 1. The Kier molecular flexibility index (Phi) is 5.10. The number of nitrogens with zero attached hydrogens (tertiary/aromatic N) is 1. The number of carbonyl (C=O) groups excluding carboxylic acids is 1. The Labute approximate surface area is 103 Å². The minimum absolute atomic E-state index is 0.0167. The van der Waals surface area contributed by atoms with Gasteiger partial charge >= 0.3 is 0 Å². The molecule has 0 aliphatic carbocycles. The number of aryl methyl sites for hydroxylation is 1. The zero-order chi connectivity index (χ0) is 12.8. The quantitative estimate of drug-likeness (QED) is 0.806. The van der Waals surface area contributed by atoms with Crippen molar-refractivity contribution in [3.63, 3.8) is 0 Å². The first-order valence-corrected chi connectivity index (χ1v) is 5.94. The van der Waals surface area contributed by atoms with Crippen molar-refractivity contribution in [3.05, 3.63) is 29.6 Å². The van der Waals surface area contributed by atoms with Gasteiger partial charge in [-0.25, -0.2) is 0 Å². The highest BCUT2D eigenvalue weighted by molar-refractivity contribution is 5.79. The first-order chi connectivity index (χ1) is 8.04. The van der Waals surface area contributed by atoms with Crippen LogP contribution in [0.1, 0.15) is 25.1 Å². The van der Waals surface area contributed by atoms with E-state index in [9.17, 15) is 4.79 Å². The van der Waals surface area contributed by atoms with Crippen LogP contribution in [-0.4, -0.2) is 17.4 Å². The molecule has 0 saturated carbocycles. The van der Waals surface area contributed by atoms with Crippen molar-refractivity contribution in [1.29, 1.82) is 0 Å². The van der Waals surface area contributed by atoms with Gasteiger partial charge in [0.15, 0.2) is 0 Å². The summed E-state index contributed by atoms with van der Waals surface area (Å²) in [5.74, 6) is 0.160. The molecule has 0 fully saturated rings. The van der Waals surface area contributed by atoms with Gasteiger partial charge in [-0.05, 0) is 24.5 Å². The second kappa shape index (κ2) is 6.35. The Balaban J connectivity index is 2.50. The molecule has 1 rings (SSSR count). The summed E-state index contributed by atoms with van der Waals surface area (Å²) >= 11 is 0. The number of nitrogens with two attached hydrogens (primary N) is 1. The topological polar surface area (TPSA) is 68.0 Å². The van der Waals surface area contributed by atoms with E-state index >= 15 is 0 Å². The predicted molar refractivity (Wildman–Crippen MR) is 68.2 cm³/mol. The van der Waals surface area contributed by atoms with Crippen molar-refractivity contribution in [2.75, 3.05) is 6.54 Å². The molecule has 4 nitrogen and oxygen atoms in total. The molecule has 0 aliphatic rings. The molecule has 1 atom stereocenters. The summed E-state index contributed by atoms with van der Waals surface area (Å²) in [6.45, 7) is 6.84. The van der Waals surface area contributed by atoms with E-state index in [1.54, 1.807) is 6.20 Å². The Bertz CT molecular complexity index is 359. The van der Waals surface area contributed by atoms with Crippen LogP contribution in [0.5, 0.6) is 0 Å². The van der Waals surface area contributed by atoms with E-state index in [4.69, 9.17) is 5.73 Å². The zero-order valence-electron chi connectivity index (χ0n) is 10.7. The lowest BCUT2D eigenvalue weighted by Gasteiger charge is -2.18. The second-order valence-corrected chi connectivity index (χ2v) is 4.61. The van der Waals surface area contributed by atoms with E-state index in [-0.39, 0.29) is 17.7 Å². The van der Waals surface area contributed by atoms with Gasteiger partial charge in [0.25, 0.3) is 0 Å². The van der Waals surface area contributed by atoms with Crippen molar-refractivity contribution in [3.8, 4) is 0 Å². The molecule has 0 saturated heterocycles. The normalized spacial score (nSPS) is 12.5. The van der Waals surface area contributed by atoms with E-state index in [2.05, 4.69) is 10.3 Å². The molecule has 0 bridgehead atoms. The van der Waals surface area contributed by atoms with E-state index < -0.39 is 0 Å². The predicted octanol–water partition coefficient (Wildman–Crippen LogP) is 1.24. The fraction of sp³-hybridized carbons (Fsp3) is 0.538. The summed E-state index contributed by atoms with van der Waals surface area (Å²) in [4.78, 5) is 16.0. The first-order valence-electron chi connectivity index (χ1n) is 5.94. The van der Waals surface area contributed by atoms with E-state index in [0.717, 1.165) is 11.3 Å². The lowest BCUT2D eigenvalue weighted by Crippen LogP contribution is -2.37. The lowest BCUT2D eigenvalue weighted by molar-refractivity contribution is -0.126. The molecular weight excluding hydrogens is 214 g/mol. The highest BCUT2D eigenvalue weighted by atomic mass is 16.1. The molecule has 1 heterocycles. The van der Waals surface area contributed by atoms with Gasteiger partial charge in [-0.1, -0.05) is 19.9 Å². The molecule has 0 aromatic carbocycles. The van der Waals surface area contributed by atoms with E-state index in [1.807, 2.05) is 32.9 Å². The van der Waals surface area contributed by atoms with Gasteiger partial charge < -0.3 is 11.1 Å². The maximum Gasteiger partial charge on any atom is 0.224 e. The number of hydrogen-bond donors (Lipinski definition) is 2. The number of amides is 1. The standard InChI is InChI=1S/C13H21N3O/c1-9(2)12(6-14)13(17)16-8-11-5-4-10(3)15-7-11/h4-5,7,9,12H,6,8,14H2,1-3H3,(H,16,17). The SMILES string of the molecule is Cc1ccc(CNC(=O)C(CN)C(C)C)cn1. The van der Waals surface area contributed by atoms with Crippen LogP contribution in [0.2, 0.25) is 0 Å². The summed E-state index contributed by atoms with van der Waals surface area (Å²) < 4.78 is 0. The van der Waals surface area contributed by atoms with Crippen molar-refractivity contribution in [2.45, 2.75) is 27.3 Å². The molecule has 1 amide bonds. The van der Waals surface area contributed by atoms with Crippen molar-refractivity contribution < 1.29 is 4.79 Å². The van der Waals surface area contributed by atoms with Crippen molar-refractivity contribution >= 4 is 5.91 Å². The second-order valence-electron chi connectivity index (χ2n) is 4.61. The van der Waals surface area contributed by atoms with Crippen LogP contribution in [0.25, 0.3) is 0 Å². The minimum atomic E-state index is -0.117. The summed E-state index contributed by atoms with van der Waals surface area (Å²) in [5.41, 5.74) is 7.57. The third-order valence-corrected chi connectivity index (χ3v) is 2.83. The minimum Gasteiger partial charge on any atom is -0.352 e. The highest BCUT2D eigenvalue weighted by Gasteiger charge is 2.19. The molecule has 1 unspecified atom stereocenters. The molecule has 0 radical (unpaired) electrons. The zero-order valence-corrected chi connectivity index (χ0v) is 10.7. The summed E-state index contributed by atoms with van der Waals surface area (Å²) in [6.07, 6.45) is 1.78. The van der Waals surface area contributed by atoms with Crippen LogP contribution in [0.15, 0.2) is 18.3 Å². The van der Waals surface area contributed by atoms with E-state index in [1.165, 1.54) is 0 Å². The van der Waals surface area contributed by atoms with Crippen LogP contribution in [0, 0.1) is 18.8 Å². The number of nitrogens with one attached hydrogen (secondary N) is 1. The van der Waals surface area contributed by atoms with Gasteiger partial charge in [0, 0.05) is 25.0 Å². The number of hydrogen-bond acceptors (Lipinski definition) is 3. The fourth-order valence-corrected chi connectivity index (χ4v) is 1.61. The fourth-order valence-electron chi connectivity index (χ4n) is 1.61. The third-order valence-electron chi connectivity index (χ3n) is 2.83. The molecule has 1 aromatic rings. The van der Waals surface area contributed by atoms with Gasteiger partial charge in [-0.2, -0.15) is 0 Å². The Morgan fingerprint density at radius 2 is 2.18 bits per heavy atom. The number of rotatable bonds is 5. The molecule has 0 spiro atoms. The average Bonchev–Trinajstić information content (AvgIpc) is 2.28. The summed E-state index contributed by atoms with van der Waals surface area (Å²) in [5, 5.41) is 2.89. The molecular formula is C13H21N3O. The summed E-state index contributed by atoms with van der Waals surface area (Å²) in [7, 11) is 0. The Morgan fingerprint density at radius 1 is 1.47 bits per heavy atom. The number of pyridine rings is 1. The smallest absolute Gasteiger partial charge is 0.224 e. The maximum atomic E-state index is 11.8. The molecule has 1 aromatic heterocycles. The van der Waals surface area contributed by atoms with Crippen LogP contribution in [-0.2, 0) is 11.3 Å². The molecule has 94 valence electrons. The Morgan fingerprint density at radius 3 is 2.65 bits per heavy atom. The maximum absolute atomic E-state index is 11.8. The van der Waals surface area contributed by atoms with E-state index in [0.29, 0.717) is 13.1 Å². The first kappa shape index (κ1) is 13.6. The Hall–Kier alpha value is -1.42. The average molecular weight is 235 g/mol. The van der Waals surface area contributed by atoms with Gasteiger partial charge in [0.1, 0.15) is 0 Å². The molecule has 4 heteroatoms. The van der Waals surface area contributed by atoms with Crippen LogP contribution < -0.4 is 11.1 Å². The van der Waals surface area contributed by atoms with Gasteiger partial charge in [-0.15, -0.1) is 0 Å². The van der Waals surface area contributed by atoms with Gasteiger partial charge in [-0.3, -0.25) is 9.78 Å². The van der Waals surface area contributed by atoms with Crippen LogP contribution in [0.3, 0.4) is 0 Å². The van der Waals surface area contributed by atoms with Crippen LogP contribution in [0.4, 0.5) is 0 Å². The molecule has 3 N–H and O–H groups in total. The lowest BCUT2D eigenvalue weighted by atomic mass is 9.95.